The van der Waals surface area contributed by atoms with Gasteiger partial charge in [0.2, 0.25) is 0 Å². The Hall–Kier alpha value is 1.92. The predicted octanol–water partition coefficient (Wildman–Crippen LogP) is 4.05. The number of para-hydroxylation sites is 1. The van der Waals surface area contributed by atoms with Crippen molar-refractivity contribution in [3.05, 3.63) is 30.3 Å². The molecule has 0 bridgehead atoms. The average molecular weight is 523 g/mol. The molecule has 0 atom stereocenters. The molecule has 0 unspecified atom stereocenters. The van der Waals surface area contributed by atoms with Crippen LogP contribution in [0.4, 0.5) is 0 Å². The number of hydrogen-bond acceptors (Lipinski definition) is 1. The molecule has 1 aromatic carbocycles. The number of rotatable bonds is 0. The Morgan fingerprint density at radius 2 is 1.36 bits per heavy atom. The van der Waals surface area contributed by atoms with Crippen LogP contribution >= 0.6 is 57.6 Å². The second-order valence-corrected chi connectivity index (χ2v) is 41.1. The van der Waals surface area contributed by atoms with E-state index in [1.54, 1.807) is 24.3 Å². The zero-order valence-electron chi connectivity index (χ0n) is 5.47. The van der Waals surface area contributed by atoms with Crippen LogP contribution in [0, 0.1) is 0 Å². The molecule has 0 aliphatic rings. The molecule has 0 aliphatic carbocycles. The topological polar surface area (TPSA) is 20.2 Å². The van der Waals surface area contributed by atoms with Crippen molar-refractivity contribution in [2.75, 3.05) is 0 Å². The third-order valence-corrected chi connectivity index (χ3v) is 0.756. The van der Waals surface area contributed by atoms with Crippen LogP contribution in [-0.2, 0) is 6.63 Å². The van der Waals surface area contributed by atoms with E-state index in [4.69, 9.17) is 5.11 Å². The maximum atomic E-state index is 8.63. The van der Waals surface area contributed by atoms with Crippen molar-refractivity contribution in [2.24, 2.45) is 0 Å². The molecule has 1 rings (SSSR count). The van der Waals surface area contributed by atoms with Crippen molar-refractivity contribution >= 4 is 57.6 Å². The summed E-state index contributed by atoms with van der Waals surface area (Å²) >= 11 is 7.45. The first kappa shape index (κ1) is 12.9. The summed E-state index contributed by atoms with van der Waals surface area (Å²) < 4.78 is 0. The average Bonchev–Trinajstić information content (AvgIpc) is 1.87. The van der Waals surface area contributed by atoms with Gasteiger partial charge in [0.25, 0.3) is 0 Å². The SMILES string of the molecule is Oc1ccccc1.[I][Ti]([I])[I]. The fraction of sp³-hybridized carbons (Fsp3) is 0. The quantitative estimate of drug-likeness (QED) is 0.403. The van der Waals surface area contributed by atoms with Crippen molar-refractivity contribution in [1.29, 1.82) is 0 Å². The number of halogens is 3. The van der Waals surface area contributed by atoms with Gasteiger partial charge in [-0.3, -0.25) is 0 Å². The number of aromatic hydroxyl groups is 1. The molecule has 1 N–H and O–H groups in total. The van der Waals surface area contributed by atoms with E-state index in [0.717, 1.165) is 0 Å². The molecule has 5 heteroatoms. The van der Waals surface area contributed by atoms with Crippen molar-refractivity contribution in [3.8, 4) is 5.75 Å². The van der Waals surface area contributed by atoms with E-state index in [1.807, 2.05) is 6.07 Å². The first-order chi connectivity index (χ1) is 5.13. The van der Waals surface area contributed by atoms with E-state index in [2.05, 4.69) is 57.6 Å². The Bertz CT molecular complexity index is 178. The summed E-state index contributed by atoms with van der Waals surface area (Å²) in [6.07, 6.45) is 0. The third kappa shape index (κ3) is 11.9. The molecule has 0 saturated carbocycles. The van der Waals surface area contributed by atoms with Gasteiger partial charge in [-0.25, -0.2) is 0 Å². The van der Waals surface area contributed by atoms with Crippen molar-refractivity contribution in [3.63, 3.8) is 0 Å². The first-order valence-corrected chi connectivity index (χ1v) is 17.8. The summed E-state index contributed by atoms with van der Waals surface area (Å²) in [6.45, 7) is -0.423. The normalized spacial score (nSPS) is 7.91. The second kappa shape index (κ2) is 8.52. The predicted molar refractivity (Wildman–Crippen MR) is 70.2 cm³/mol. The fourth-order valence-electron chi connectivity index (χ4n) is 0.428. The van der Waals surface area contributed by atoms with Gasteiger partial charge in [-0.1, -0.05) is 18.2 Å². The molecule has 0 aromatic heterocycles. The standard InChI is InChI=1S/C6H6O.3HI.Ti/c7-6-4-2-1-3-5-6;;;;/h1-5,7H;3*1H;/q;;;;+3/p-3. The van der Waals surface area contributed by atoms with Crippen LogP contribution in [0.5, 0.6) is 5.75 Å². The molecular weight excluding hydrogens is 517 g/mol. The van der Waals surface area contributed by atoms with Gasteiger partial charge in [-0.2, -0.15) is 0 Å². The van der Waals surface area contributed by atoms with Crippen molar-refractivity contribution in [2.45, 2.75) is 0 Å². The van der Waals surface area contributed by atoms with Crippen LogP contribution in [0.3, 0.4) is 0 Å². The first-order valence-electron chi connectivity index (χ1n) is 2.70. The Balaban J connectivity index is 0.000000218. The second-order valence-electron chi connectivity index (χ2n) is 1.55. The minimum atomic E-state index is -0.423. The number of phenols is 1. The van der Waals surface area contributed by atoms with E-state index in [1.165, 1.54) is 0 Å². The Kier molecular flexibility index (Phi) is 10.0. The van der Waals surface area contributed by atoms with E-state index >= 15 is 0 Å². The summed E-state index contributed by atoms with van der Waals surface area (Å²) in [6, 6.07) is 8.71. The van der Waals surface area contributed by atoms with Crippen LogP contribution in [-0.4, -0.2) is 5.11 Å². The van der Waals surface area contributed by atoms with Gasteiger partial charge in [0.05, 0.1) is 0 Å². The number of hydrogen-bond donors (Lipinski definition) is 1. The summed E-state index contributed by atoms with van der Waals surface area (Å²) in [4.78, 5) is 0. The van der Waals surface area contributed by atoms with Crippen molar-refractivity contribution < 1.29 is 11.7 Å². The third-order valence-electron chi connectivity index (χ3n) is 0.756. The van der Waals surface area contributed by atoms with Crippen LogP contribution in [0.25, 0.3) is 0 Å². The summed E-state index contributed by atoms with van der Waals surface area (Å²) in [5.74, 6) is 0.322. The monoisotopic (exact) mass is 523 g/mol. The fourth-order valence-corrected chi connectivity index (χ4v) is 0.428. The van der Waals surface area contributed by atoms with Gasteiger partial charge in [0.1, 0.15) is 5.75 Å². The van der Waals surface area contributed by atoms with Gasteiger partial charge in [-0.15, -0.1) is 0 Å². The molecule has 0 spiro atoms. The minimum absolute atomic E-state index is 0.322. The van der Waals surface area contributed by atoms with Crippen LogP contribution in [0.1, 0.15) is 0 Å². The van der Waals surface area contributed by atoms with E-state index in [0.29, 0.717) is 5.75 Å². The number of phenolic OH excluding ortho intramolecular Hbond substituents is 1. The Morgan fingerprint density at radius 3 is 1.55 bits per heavy atom. The Labute approximate surface area is 103 Å². The number of benzene rings is 1. The summed E-state index contributed by atoms with van der Waals surface area (Å²) in [5.41, 5.74) is 0. The molecule has 0 saturated heterocycles. The molecule has 0 aliphatic heterocycles. The van der Waals surface area contributed by atoms with E-state index in [-0.39, 0.29) is 0 Å². The van der Waals surface area contributed by atoms with E-state index in [9.17, 15) is 0 Å². The zero-order chi connectivity index (χ0) is 8.69. The molecular formula is C6H6I3OTi. The zero-order valence-corrected chi connectivity index (χ0v) is 13.5. The van der Waals surface area contributed by atoms with Crippen LogP contribution in [0.2, 0.25) is 0 Å². The molecule has 61 valence electrons. The van der Waals surface area contributed by atoms with Gasteiger partial charge in [-0.05, 0) is 12.1 Å². The molecule has 0 radical (unpaired) electrons. The summed E-state index contributed by atoms with van der Waals surface area (Å²) in [5, 5.41) is 8.63. The maximum absolute atomic E-state index is 8.63. The van der Waals surface area contributed by atoms with E-state index < -0.39 is 6.63 Å². The molecule has 11 heavy (non-hydrogen) atoms. The molecule has 0 heterocycles. The molecule has 1 nitrogen and oxygen atoms in total. The van der Waals surface area contributed by atoms with Gasteiger partial charge in [0.15, 0.2) is 0 Å². The van der Waals surface area contributed by atoms with Crippen LogP contribution in [0.15, 0.2) is 30.3 Å². The Morgan fingerprint density at radius 1 is 1.00 bits per heavy atom. The molecule has 1 aromatic rings. The van der Waals surface area contributed by atoms with Crippen molar-refractivity contribution in [1.82, 2.24) is 0 Å². The molecule has 0 amide bonds. The molecule has 0 fully saturated rings. The van der Waals surface area contributed by atoms with Gasteiger partial charge < -0.3 is 5.11 Å². The van der Waals surface area contributed by atoms with Crippen LogP contribution < -0.4 is 0 Å². The van der Waals surface area contributed by atoms with Gasteiger partial charge >= 0.3 is 64.2 Å². The summed E-state index contributed by atoms with van der Waals surface area (Å²) in [7, 11) is 0. The van der Waals surface area contributed by atoms with Gasteiger partial charge in [0, 0.05) is 0 Å².